The first-order valence-corrected chi connectivity index (χ1v) is 12.2. The summed E-state index contributed by atoms with van der Waals surface area (Å²) in [5.74, 6) is 1.61. The molecule has 2 aromatic carbocycles. The number of aromatic amines is 1. The molecule has 1 saturated heterocycles. The Morgan fingerprint density at radius 1 is 1.18 bits per heavy atom. The average Bonchev–Trinajstić information content (AvgIpc) is 3.33. The van der Waals surface area contributed by atoms with Crippen LogP contribution in [0.1, 0.15) is 59.4 Å². The molecule has 5 heteroatoms. The number of ether oxygens (including phenoxy) is 1. The second-order valence-electron chi connectivity index (χ2n) is 10.6. The minimum atomic E-state index is -0.105. The Bertz CT molecular complexity index is 1190. The Morgan fingerprint density at radius 2 is 1.97 bits per heavy atom. The van der Waals surface area contributed by atoms with Gasteiger partial charge in [0, 0.05) is 36.0 Å². The fourth-order valence-corrected chi connectivity index (χ4v) is 5.46. The molecular weight excluding hydrogens is 410 g/mol. The van der Waals surface area contributed by atoms with Crippen molar-refractivity contribution in [2.75, 3.05) is 19.6 Å². The summed E-state index contributed by atoms with van der Waals surface area (Å²) in [6, 6.07) is 12.8. The summed E-state index contributed by atoms with van der Waals surface area (Å²) in [7, 11) is 0. The molecule has 0 aliphatic carbocycles. The lowest BCUT2D eigenvalue weighted by Gasteiger charge is -2.32. The number of amides is 1. The van der Waals surface area contributed by atoms with Gasteiger partial charge in [0.05, 0.1) is 0 Å². The van der Waals surface area contributed by atoms with E-state index in [4.69, 9.17) is 4.74 Å². The Balaban J connectivity index is 1.13. The smallest absolute Gasteiger partial charge is 0.267 e. The lowest BCUT2D eigenvalue weighted by atomic mass is 9.96. The molecule has 0 unspecified atom stereocenters. The highest BCUT2D eigenvalue weighted by molar-refractivity contribution is 5.98. The van der Waals surface area contributed by atoms with E-state index in [1.807, 2.05) is 6.07 Å². The largest absolute Gasteiger partial charge is 0.487 e. The van der Waals surface area contributed by atoms with Gasteiger partial charge in [-0.2, -0.15) is 0 Å². The number of likely N-dealkylation sites (tertiary alicyclic amines) is 1. The van der Waals surface area contributed by atoms with Crippen molar-refractivity contribution in [3.05, 3.63) is 64.3 Å². The molecule has 2 aliphatic heterocycles. The van der Waals surface area contributed by atoms with Crippen molar-refractivity contribution in [3.8, 4) is 5.75 Å². The molecule has 2 N–H and O–H groups in total. The van der Waals surface area contributed by atoms with E-state index in [9.17, 15) is 4.79 Å². The van der Waals surface area contributed by atoms with Gasteiger partial charge in [0.15, 0.2) is 0 Å². The fraction of sp³-hybridized carbons (Fsp3) is 0.464. The summed E-state index contributed by atoms with van der Waals surface area (Å²) < 4.78 is 6.25. The van der Waals surface area contributed by atoms with Gasteiger partial charge in [-0.05, 0) is 82.8 Å². The van der Waals surface area contributed by atoms with E-state index in [-0.39, 0.29) is 11.5 Å². The van der Waals surface area contributed by atoms with Crippen molar-refractivity contribution in [1.29, 1.82) is 0 Å². The van der Waals surface area contributed by atoms with Crippen LogP contribution in [0.4, 0.5) is 0 Å². The molecule has 1 fully saturated rings. The number of hydrogen-bond donors (Lipinski definition) is 2. The van der Waals surface area contributed by atoms with Crippen LogP contribution in [-0.4, -0.2) is 41.0 Å². The molecule has 3 aromatic rings. The predicted molar refractivity (Wildman–Crippen MR) is 133 cm³/mol. The number of fused-ring (bicyclic) bond motifs is 2. The number of aryl methyl sites for hydroxylation is 2. The first-order valence-electron chi connectivity index (χ1n) is 12.2. The normalized spacial score (nSPS) is 18.3. The zero-order valence-corrected chi connectivity index (χ0v) is 20.3. The van der Waals surface area contributed by atoms with Crippen LogP contribution in [0.25, 0.3) is 10.9 Å². The molecule has 2 aliphatic rings. The van der Waals surface area contributed by atoms with Gasteiger partial charge in [-0.15, -0.1) is 0 Å². The van der Waals surface area contributed by atoms with Gasteiger partial charge >= 0.3 is 0 Å². The molecule has 33 heavy (non-hydrogen) atoms. The number of nitrogens with one attached hydrogen (secondary N) is 2. The molecule has 1 amide bonds. The first-order chi connectivity index (χ1) is 15.8. The molecule has 5 nitrogen and oxygen atoms in total. The number of H-pyrrole nitrogens is 1. The summed E-state index contributed by atoms with van der Waals surface area (Å²) in [5.41, 5.74) is 6.62. The van der Waals surface area contributed by atoms with Gasteiger partial charge in [0.25, 0.3) is 5.91 Å². The summed E-state index contributed by atoms with van der Waals surface area (Å²) >= 11 is 0. The second kappa shape index (κ2) is 8.53. The zero-order valence-electron chi connectivity index (χ0n) is 20.3. The van der Waals surface area contributed by atoms with Crippen molar-refractivity contribution >= 4 is 16.8 Å². The van der Waals surface area contributed by atoms with E-state index in [0.717, 1.165) is 62.1 Å². The van der Waals surface area contributed by atoms with Crippen molar-refractivity contribution in [1.82, 2.24) is 15.2 Å². The minimum Gasteiger partial charge on any atom is -0.487 e. The maximum Gasteiger partial charge on any atom is 0.267 e. The topological polar surface area (TPSA) is 57.4 Å². The maximum atomic E-state index is 12.8. The third-order valence-electron chi connectivity index (χ3n) is 7.14. The summed E-state index contributed by atoms with van der Waals surface area (Å²) in [6.07, 6.45) is 3.19. The highest BCUT2D eigenvalue weighted by Gasteiger charge is 2.32. The number of rotatable bonds is 5. The number of nitrogens with zero attached hydrogens (tertiary/aromatic N) is 1. The monoisotopic (exact) mass is 445 g/mol. The van der Waals surface area contributed by atoms with Crippen LogP contribution < -0.4 is 10.1 Å². The molecule has 5 rings (SSSR count). The molecule has 0 saturated carbocycles. The summed E-state index contributed by atoms with van der Waals surface area (Å²) in [5, 5.41) is 4.27. The van der Waals surface area contributed by atoms with Gasteiger partial charge in [0.2, 0.25) is 0 Å². The molecule has 174 valence electrons. The lowest BCUT2D eigenvalue weighted by molar-refractivity contribution is 0.0930. The van der Waals surface area contributed by atoms with Crippen LogP contribution in [0.3, 0.4) is 0 Å². The molecule has 3 heterocycles. The lowest BCUT2D eigenvalue weighted by Crippen LogP contribution is -2.38. The molecule has 0 spiro atoms. The van der Waals surface area contributed by atoms with E-state index in [1.54, 1.807) is 0 Å². The fourth-order valence-electron chi connectivity index (χ4n) is 5.46. The number of piperidine rings is 1. The minimum absolute atomic E-state index is 0.00899. The predicted octanol–water partition coefficient (Wildman–Crippen LogP) is 5.14. The van der Waals surface area contributed by atoms with Gasteiger partial charge in [-0.3, -0.25) is 9.69 Å². The summed E-state index contributed by atoms with van der Waals surface area (Å²) in [4.78, 5) is 18.6. The number of benzene rings is 2. The number of carbonyl (C=O) groups excluding carboxylic acids is 1. The molecular formula is C28H35N3O2. The van der Waals surface area contributed by atoms with Gasteiger partial charge in [-0.25, -0.2) is 0 Å². The van der Waals surface area contributed by atoms with E-state index >= 15 is 0 Å². The average molecular weight is 446 g/mol. The van der Waals surface area contributed by atoms with Crippen molar-refractivity contribution in [2.24, 2.45) is 5.92 Å². The highest BCUT2D eigenvalue weighted by atomic mass is 16.5. The third kappa shape index (κ3) is 4.65. The van der Waals surface area contributed by atoms with Gasteiger partial charge in [-0.1, -0.05) is 29.8 Å². The van der Waals surface area contributed by atoms with Crippen molar-refractivity contribution in [2.45, 2.75) is 59.1 Å². The van der Waals surface area contributed by atoms with E-state index in [1.165, 1.54) is 22.3 Å². The molecule has 0 atom stereocenters. The van der Waals surface area contributed by atoms with Crippen LogP contribution in [0.2, 0.25) is 0 Å². The Kier molecular flexibility index (Phi) is 5.69. The Hall–Kier alpha value is -2.79. The third-order valence-corrected chi connectivity index (χ3v) is 7.14. The first kappa shape index (κ1) is 22.0. The van der Waals surface area contributed by atoms with Crippen LogP contribution in [-0.2, 0) is 13.0 Å². The Morgan fingerprint density at radius 3 is 2.76 bits per heavy atom. The van der Waals surface area contributed by atoms with Crippen molar-refractivity contribution in [3.63, 3.8) is 0 Å². The molecule has 0 radical (unpaired) electrons. The SMILES string of the molecule is Cc1cc(C)c2[nH]c(C(=O)NCC3CCN(Cc4cccc5c4OC(C)(C)C5)CC3)cc2c1. The zero-order chi connectivity index (χ0) is 23.2. The van der Waals surface area contributed by atoms with Crippen LogP contribution in [0.15, 0.2) is 36.4 Å². The van der Waals surface area contributed by atoms with Crippen LogP contribution in [0, 0.1) is 19.8 Å². The molecule has 0 bridgehead atoms. The van der Waals surface area contributed by atoms with Crippen LogP contribution in [0.5, 0.6) is 5.75 Å². The van der Waals surface area contributed by atoms with E-state index in [2.05, 4.69) is 73.2 Å². The number of hydrogen-bond acceptors (Lipinski definition) is 3. The quantitative estimate of drug-likeness (QED) is 0.572. The maximum absolute atomic E-state index is 12.8. The number of carbonyl (C=O) groups is 1. The summed E-state index contributed by atoms with van der Waals surface area (Å²) in [6.45, 7) is 12.3. The van der Waals surface area contributed by atoms with E-state index in [0.29, 0.717) is 11.6 Å². The van der Waals surface area contributed by atoms with Gasteiger partial charge in [0.1, 0.15) is 17.0 Å². The van der Waals surface area contributed by atoms with E-state index < -0.39 is 0 Å². The number of para-hydroxylation sites is 1. The van der Waals surface area contributed by atoms with Gasteiger partial charge < -0.3 is 15.0 Å². The number of aromatic nitrogens is 1. The van der Waals surface area contributed by atoms with Crippen LogP contribution >= 0.6 is 0 Å². The second-order valence-corrected chi connectivity index (χ2v) is 10.6. The Labute approximate surface area is 196 Å². The highest BCUT2D eigenvalue weighted by Crippen LogP contribution is 2.38. The van der Waals surface area contributed by atoms with Crippen molar-refractivity contribution < 1.29 is 9.53 Å². The molecule has 1 aromatic heterocycles. The standard InChI is InChI=1S/C28H35N3O2/c1-18-12-19(2)25-23(13-18)14-24(30-25)27(32)29-16-20-8-10-31(11-9-20)17-22-7-5-6-21-15-28(3,4)33-26(21)22/h5-7,12-14,20,30H,8-11,15-17H2,1-4H3,(H,29,32).